The number of benzene rings is 2. The summed E-state index contributed by atoms with van der Waals surface area (Å²) in [6.07, 6.45) is 5.11. The van der Waals surface area contributed by atoms with Crippen LogP contribution in [0.5, 0.6) is 5.75 Å². The van der Waals surface area contributed by atoms with Crippen LogP contribution in [0.25, 0.3) is 11.3 Å². The van der Waals surface area contributed by atoms with Crippen LogP contribution in [0.4, 0.5) is 0 Å². The first-order chi connectivity index (χ1) is 14.2. The summed E-state index contributed by atoms with van der Waals surface area (Å²) in [7, 11) is 1.71. The van der Waals surface area contributed by atoms with Crippen molar-refractivity contribution in [2.45, 2.75) is 38.3 Å². The van der Waals surface area contributed by atoms with E-state index in [2.05, 4.69) is 90.3 Å². The summed E-state index contributed by atoms with van der Waals surface area (Å²) in [5.41, 5.74) is 4.79. The highest BCUT2D eigenvalue weighted by Crippen LogP contribution is 2.39. The van der Waals surface area contributed by atoms with Gasteiger partial charge in [0.05, 0.1) is 11.6 Å². The first-order valence-corrected chi connectivity index (χ1v) is 11.7. The van der Waals surface area contributed by atoms with Gasteiger partial charge in [0.2, 0.25) is 0 Å². The van der Waals surface area contributed by atoms with E-state index in [1.807, 2.05) is 6.07 Å². The molecule has 3 aromatic rings. The summed E-state index contributed by atoms with van der Waals surface area (Å²) in [6.45, 7) is 2.07. The van der Waals surface area contributed by atoms with E-state index in [9.17, 15) is 0 Å². The standard InChI is InChI=1S/C24H26Br2N2O/c1-29-24-20(14-18(25)15-21(24)26)22-12-11-19(27-22)16-28-13-7-3-6-10-23(28)17-8-4-2-5-9-17/h2,4-5,8-9,11-12,14-15,23,27H,3,6-7,10,13,16H2,1H3. The molecule has 1 atom stereocenters. The number of halogens is 2. The molecule has 29 heavy (non-hydrogen) atoms. The third kappa shape index (κ3) is 4.79. The van der Waals surface area contributed by atoms with Crippen LogP contribution >= 0.6 is 31.9 Å². The zero-order valence-corrected chi connectivity index (χ0v) is 19.8. The van der Waals surface area contributed by atoms with Crippen molar-refractivity contribution in [2.75, 3.05) is 13.7 Å². The summed E-state index contributed by atoms with van der Waals surface area (Å²) < 4.78 is 7.60. The molecule has 1 unspecified atom stereocenters. The molecule has 0 bridgehead atoms. The molecule has 1 fully saturated rings. The van der Waals surface area contributed by atoms with Crippen LogP contribution in [0.3, 0.4) is 0 Å². The van der Waals surface area contributed by atoms with Crippen molar-refractivity contribution in [1.29, 1.82) is 0 Å². The molecular weight excluding hydrogens is 492 g/mol. The van der Waals surface area contributed by atoms with Crippen LogP contribution in [0.2, 0.25) is 0 Å². The Bertz CT molecular complexity index is 955. The van der Waals surface area contributed by atoms with Crippen LogP contribution in [0.15, 0.2) is 63.5 Å². The van der Waals surface area contributed by atoms with E-state index in [1.165, 1.54) is 36.9 Å². The van der Waals surface area contributed by atoms with Crippen molar-refractivity contribution in [2.24, 2.45) is 0 Å². The van der Waals surface area contributed by atoms with Gasteiger partial charge in [-0.3, -0.25) is 4.90 Å². The summed E-state index contributed by atoms with van der Waals surface area (Å²) in [6, 6.07) is 19.9. The fourth-order valence-corrected chi connectivity index (χ4v) is 5.67. The summed E-state index contributed by atoms with van der Waals surface area (Å²) >= 11 is 7.20. The van der Waals surface area contributed by atoms with Crippen LogP contribution in [0.1, 0.15) is 43.0 Å². The molecule has 1 N–H and O–H groups in total. The smallest absolute Gasteiger partial charge is 0.142 e. The molecule has 0 amide bonds. The van der Waals surface area contributed by atoms with E-state index in [0.29, 0.717) is 6.04 Å². The molecule has 152 valence electrons. The van der Waals surface area contributed by atoms with E-state index >= 15 is 0 Å². The summed E-state index contributed by atoms with van der Waals surface area (Å²) in [5, 5.41) is 0. The van der Waals surface area contributed by atoms with E-state index in [4.69, 9.17) is 4.74 Å². The Morgan fingerprint density at radius 1 is 1.03 bits per heavy atom. The Kier molecular flexibility index (Phi) is 6.78. The Labute approximate surface area is 189 Å². The maximum Gasteiger partial charge on any atom is 0.142 e. The van der Waals surface area contributed by atoms with Crippen LogP contribution in [-0.2, 0) is 6.54 Å². The van der Waals surface area contributed by atoms with Crippen molar-refractivity contribution >= 4 is 31.9 Å². The second kappa shape index (κ2) is 9.50. The Morgan fingerprint density at radius 3 is 2.66 bits per heavy atom. The van der Waals surface area contributed by atoms with Crippen LogP contribution < -0.4 is 4.74 Å². The van der Waals surface area contributed by atoms with Gasteiger partial charge in [0, 0.05) is 34.0 Å². The summed E-state index contributed by atoms with van der Waals surface area (Å²) in [4.78, 5) is 6.27. The normalized spacial score (nSPS) is 17.8. The number of ether oxygens (including phenoxy) is 1. The Hall–Kier alpha value is -1.56. The maximum atomic E-state index is 5.64. The molecular formula is C24H26Br2N2O. The highest BCUT2D eigenvalue weighted by molar-refractivity contribution is 9.11. The molecule has 1 aromatic heterocycles. The SMILES string of the molecule is COc1c(Br)cc(Br)cc1-c1ccc(CN2CCCCCC2c2ccccc2)[nH]1. The number of aromatic amines is 1. The van der Waals surface area contributed by atoms with Crippen LogP contribution in [0, 0.1) is 0 Å². The first kappa shape index (κ1) is 20.7. The zero-order valence-electron chi connectivity index (χ0n) is 16.6. The minimum Gasteiger partial charge on any atom is -0.495 e. The summed E-state index contributed by atoms with van der Waals surface area (Å²) in [5.74, 6) is 0.846. The monoisotopic (exact) mass is 516 g/mol. The topological polar surface area (TPSA) is 28.3 Å². The Morgan fingerprint density at radius 2 is 1.86 bits per heavy atom. The number of hydrogen-bond donors (Lipinski definition) is 1. The molecule has 4 rings (SSSR count). The van der Waals surface area contributed by atoms with Crippen molar-refractivity contribution in [1.82, 2.24) is 9.88 Å². The minimum absolute atomic E-state index is 0.486. The van der Waals surface area contributed by atoms with Gasteiger partial charge in [-0.25, -0.2) is 0 Å². The molecule has 0 aliphatic carbocycles. The number of likely N-dealkylation sites (tertiary alicyclic amines) is 1. The number of H-pyrrole nitrogens is 1. The number of rotatable bonds is 5. The molecule has 1 aliphatic rings. The number of aromatic nitrogens is 1. The average Bonchev–Trinajstić information content (AvgIpc) is 3.06. The van der Waals surface area contributed by atoms with Gasteiger partial charge in [0.1, 0.15) is 5.75 Å². The van der Waals surface area contributed by atoms with Gasteiger partial charge in [-0.15, -0.1) is 0 Å². The van der Waals surface area contributed by atoms with Gasteiger partial charge in [-0.05, 0) is 65.1 Å². The molecule has 0 spiro atoms. The van der Waals surface area contributed by atoms with Gasteiger partial charge in [-0.2, -0.15) is 0 Å². The lowest BCUT2D eigenvalue weighted by atomic mass is 10.0. The molecule has 1 saturated heterocycles. The van der Waals surface area contributed by atoms with Crippen molar-refractivity contribution in [3.8, 4) is 17.0 Å². The van der Waals surface area contributed by atoms with Crippen molar-refractivity contribution < 1.29 is 4.74 Å². The van der Waals surface area contributed by atoms with Crippen molar-refractivity contribution in [3.05, 3.63) is 74.8 Å². The second-order valence-electron chi connectivity index (χ2n) is 7.61. The number of nitrogens with one attached hydrogen (secondary N) is 1. The van der Waals surface area contributed by atoms with E-state index < -0.39 is 0 Å². The second-order valence-corrected chi connectivity index (χ2v) is 9.38. The fourth-order valence-electron chi connectivity index (χ4n) is 4.29. The molecule has 5 heteroatoms. The number of hydrogen-bond acceptors (Lipinski definition) is 2. The van der Waals surface area contributed by atoms with E-state index in [0.717, 1.165) is 39.0 Å². The first-order valence-electron chi connectivity index (χ1n) is 10.2. The van der Waals surface area contributed by atoms with Gasteiger partial charge in [-0.1, -0.05) is 59.1 Å². The van der Waals surface area contributed by atoms with Crippen molar-refractivity contribution in [3.63, 3.8) is 0 Å². The number of nitrogens with zero attached hydrogens (tertiary/aromatic N) is 1. The largest absolute Gasteiger partial charge is 0.495 e. The van der Waals surface area contributed by atoms with E-state index in [1.54, 1.807) is 7.11 Å². The average molecular weight is 518 g/mol. The molecule has 3 nitrogen and oxygen atoms in total. The molecule has 0 saturated carbocycles. The molecule has 2 heterocycles. The Balaban J connectivity index is 1.60. The lowest BCUT2D eigenvalue weighted by Gasteiger charge is -2.30. The fraction of sp³-hybridized carbons (Fsp3) is 0.333. The van der Waals surface area contributed by atoms with Gasteiger partial charge >= 0.3 is 0 Å². The molecule has 2 aromatic carbocycles. The van der Waals surface area contributed by atoms with Gasteiger partial charge in [0.15, 0.2) is 0 Å². The minimum atomic E-state index is 0.486. The third-order valence-electron chi connectivity index (χ3n) is 5.67. The highest BCUT2D eigenvalue weighted by Gasteiger charge is 2.23. The predicted molar refractivity (Wildman–Crippen MR) is 126 cm³/mol. The van der Waals surface area contributed by atoms with Crippen LogP contribution in [-0.4, -0.2) is 23.5 Å². The zero-order chi connectivity index (χ0) is 20.2. The quantitative estimate of drug-likeness (QED) is 0.383. The third-order valence-corrected chi connectivity index (χ3v) is 6.72. The lowest BCUT2D eigenvalue weighted by Crippen LogP contribution is -2.28. The predicted octanol–water partition coefficient (Wildman–Crippen LogP) is 7.33. The maximum absolute atomic E-state index is 5.64. The van der Waals surface area contributed by atoms with Gasteiger partial charge < -0.3 is 9.72 Å². The number of methoxy groups -OCH3 is 1. The molecule has 1 aliphatic heterocycles. The van der Waals surface area contributed by atoms with E-state index in [-0.39, 0.29) is 0 Å². The highest BCUT2D eigenvalue weighted by atomic mass is 79.9. The lowest BCUT2D eigenvalue weighted by molar-refractivity contribution is 0.190. The van der Waals surface area contributed by atoms with Gasteiger partial charge in [0.25, 0.3) is 0 Å². The molecule has 0 radical (unpaired) electrons.